The Morgan fingerprint density at radius 3 is 2.51 bits per heavy atom. The molecule has 0 saturated carbocycles. The summed E-state index contributed by atoms with van der Waals surface area (Å²) in [4.78, 5) is 30.8. The van der Waals surface area contributed by atoms with Crippen LogP contribution >= 0.6 is 0 Å². The van der Waals surface area contributed by atoms with Crippen LogP contribution < -0.4 is 5.32 Å². The van der Waals surface area contributed by atoms with E-state index in [1.54, 1.807) is 47.5 Å². The number of benzene rings is 1. The van der Waals surface area contributed by atoms with E-state index in [0.29, 0.717) is 42.8 Å². The van der Waals surface area contributed by atoms with Crippen molar-refractivity contribution in [2.75, 3.05) is 32.8 Å². The van der Waals surface area contributed by atoms with Crippen LogP contribution in [0.3, 0.4) is 0 Å². The van der Waals surface area contributed by atoms with Crippen LogP contribution in [0.2, 0.25) is 0 Å². The Hall–Kier alpha value is -3.18. The maximum atomic E-state index is 12.9. The second kappa shape index (κ2) is 12.0. The van der Waals surface area contributed by atoms with E-state index < -0.39 is 18.7 Å². The lowest BCUT2D eigenvalue weighted by Gasteiger charge is -2.37. The number of likely N-dealkylation sites (tertiary alicyclic amines) is 1. The molecule has 190 valence electrons. The Bertz CT molecular complexity index is 993. The topological polar surface area (TPSA) is 106 Å². The van der Waals surface area contributed by atoms with E-state index in [1.807, 2.05) is 0 Å². The van der Waals surface area contributed by atoms with E-state index >= 15 is 0 Å². The van der Waals surface area contributed by atoms with Gasteiger partial charge in [-0.2, -0.15) is 13.2 Å². The van der Waals surface area contributed by atoms with Crippen molar-refractivity contribution in [3.8, 4) is 11.3 Å². The highest BCUT2D eigenvalue weighted by Crippen LogP contribution is 2.25. The predicted molar refractivity (Wildman–Crippen MR) is 123 cm³/mol. The molecule has 0 aliphatic carbocycles. The van der Waals surface area contributed by atoms with E-state index in [2.05, 4.69) is 10.3 Å². The molecule has 1 saturated heterocycles. The van der Waals surface area contributed by atoms with E-state index in [4.69, 9.17) is 10.2 Å². The van der Waals surface area contributed by atoms with Crippen molar-refractivity contribution in [3.05, 3.63) is 53.7 Å². The van der Waals surface area contributed by atoms with Crippen molar-refractivity contribution in [1.29, 1.82) is 0 Å². The molecule has 0 spiro atoms. The molecule has 2 aromatic rings. The number of nitrogens with zero attached hydrogens (tertiary/aromatic N) is 3. The SMILES string of the molecule is O=C(NCCO)c1cccc(-c2ccc(CN(CCC(F)(F)F)C3CCN(C(=O)O)CC3)cn2)c1. The Kier molecular flexibility index (Phi) is 9.05. The zero-order valence-corrected chi connectivity index (χ0v) is 19.2. The quantitative estimate of drug-likeness (QED) is 0.494. The lowest BCUT2D eigenvalue weighted by atomic mass is 10.0. The maximum absolute atomic E-state index is 12.9. The number of hydrogen-bond donors (Lipinski definition) is 3. The van der Waals surface area contributed by atoms with Gasteiger partial charge in [-0.05, 0) is 36.6 Å². The summed E-state index contributed by atoms with van der Waals surface area (Å²) in [5.74, 6) is -0.313. The molecule has 0 unspecified atom stereocenters. The second-order valence-electron chi connectivity index (χ2n) is 8.45. The Labute approximate surface area is 201 Å². The molecule has 35 heavy (non-hydrogen) atoms. The molecule has 2 amide bonds. The number of hydrogen-bond acceptors (Lipinski definition) is 5. The van der Waals surface area contributed by atoms with Gasteiger partial charge in [0.1, 0.15) is 0 Å². The number of aliphatic hydroxyl groups is 1. The highest BCUT2D eigenvalue weighted by atomic mass is 19.4. The van der Waals surface area contributed by atoms with Gasteiger partial charge in [0.2, 0.25) is 0 Å². The Morgan fingerprint density at radius 2 is 1.91 bits per heavy atom. The minimum absolute atomic E-state index is 0.149. The number of aromatic nitrogens is 1. The number of carbonyl (C=O) groups excluding carboxylic acids is 1. The van der Waals surface area contributed by atoms with Gasteiger partial charge in [0.05, 0.1) is 18.7 Å². The number of amides is 2. The third kappa shape index (κ3) is 7.93. The average molecular weight is 495 g/mol. The molecule has 2 heterocycles. The van der Waals surface area contributed by atoms with Crippen molar-refractivity contribution >= 4 is 12.0 Å². The fourth-order valence-corrected chi connectivity index (χ4v) is 4.10. The normalized spacial score (nSPS) is 14.8. The van der Waals surface area contributed by atoms with Gasteiger partial charge in [-0.25, -0.2) is 4.79 Å². The van der Waals surface area contributed by atoms with Crippen LogP contribution in [0.4, 0.5) is 18.0 Å². The maximum Gasteiger partial charge on any atom is 0.407 e. The molecule has 8 nitrogen and oxygen atoms in total. The van der Waals surface area contributed by atoms with E-state index in [0.717, 1.165) is 5.56 Å². The van der Waals surface area contributed by atoms with Crippen molar-refractivity contribution in [3.63, 3.8) is 0 Å². The fourth-order valence-electron chi connectivity index (χ4n) is 4.10. The van der Waals surface area contributed by atoms with Gasteiger partial charge >= 0.3 is 12.3 Å². The summed E-state index contributed by atoms with van der Waals surface area (Å²) < 4.78 is 38.8. The van der Waals surface area contributed by atoms with Crippen LogP contribution in [0, 0.1) is 0 Å². The third-order valence-corrected chi connectivity index (χ3v) is 5.96. The summed E-state index contributed by atoms with van der Waals surface area (Å²) in [6.45, 7) is 0.672. The zero-order chi connectivity index (χ0) is 25.4. The lowest BCUT2D eigenvalue weighted by Crippen LogP contribution is -2.46. The second-order valence-corrected chi connectivity index (χ2v) is 8.45. The molecule has 3 rings (SSSR count). The molecule has 11 heteroatoms. The van der Waals surface area contributed by atoms with E-state index in [-0.39, 0.29) is 38.2 Å². The Balaban J connectivity index is 1.70. The van der Waals surface area contributed by atoms with Crippen LogP contribution in [0.1, 0.15) is 35.2 Å². The fraction of sp³-hybridized carbons (Fsp3) is 0.458. The van der Waals surface area contributed by atoms with Crippen molar-refractivity contribution < 1.29 is 33.0 Å². The summed E-state index contributed by atoms with van der Waals surface area (Å²) in [6.07, 6.45) is -3.68. The number of rotatable bonds is 9. The van der Waals surface area contributed by atoms with Crippen LogP contribution in [0.15, 0.2) is 42.6 Å². The number of pyridine rings is 1. The zero-order valence-electron chi connectivity index (χ0n) is 19.2. The van der Waals surface area contributed by atoms with Crippen LogP contribution in [-0.2, 0) is 6.54 Å². The van der Waals surface area contributed by atoms with Crippen molar-refractivity contribution in [1.82, 2.24) is 20.1 Å². The first-order valence-electron chi connectivity index (χ1n) is 11.4. The molecule has 0 bridgehead atoms. The summed E-state index contributed by atoms with van der Waals surface area (Å²) in [5, 5.41) is 20.6. The number of halogens is 3. The first kappa shape index (κ1) is 26.4. The smallest absolute Gasteiger partial charge is 0.407 e. The molecule has 0 atom stereocenters. The van der Waals surface area contributed by atoms with Gasteiger partial charge in [0.15, 0.2) is 0 Å². The molecule has 1 aliphatic rings. The van der Waals surface area contributed by atoms with Crippen molar-refractivity contribution in [2.45, 2.75) is 38.0 Å². The molecule has 1 aromatic heterocycles. The average Bonchev–Trinajstić information content (AvgIpc) is 2.85. The monoisotopic (exact) mass is 494 g/mol. The Morgan fingerprint density at radius 1 is 1.17 bits per heavy atom. The number of nitrogens with one attached hydrogen (secondary N) is 1. The van der Waals surface area contributed by atoms with Gasteiger partial charge in [-0.3, -0.25) is 14.7 Å². The summed E-state index contributed by atoms with van der Waals surface area (Å²) in [6, 6.07) is 10.3. The molecule has 3 N–H and O–H groups in total. The van der Waals surface area contributed by atoms with Crippen LogP contribution in [0.5, 0.6) is 0 Å². The van der Waals surface area contributed by atoms with Gasteiger partial charge in [-0.1, -0.05) is 18.2 Å². The van der Waals surface area contributed by atoms with Gasteiger partial charge < -0.3 is 20.4 Å². The molecule has 1 fully saturated rings. The highest BCUT2D eigenvalue weighted by molar-refractivity contribution is 5.95. The highest BCUT2D eigenvalue weighted by Gasteiger charge is 2.32. The third-order valence-electron chi connectivity index (χ3n) is 5.96. The standard InChI is InChI=1S/C24H29F3N4O4/c25-24(26,27)8-12-31(20-6-10-30(11-7-20)23(34)35)16-17-4-5-21(29-15-17)18-2-1-3-19(14-18)22(33)28-9-13-32/h1-5,14-15,20,32H,6-13,16H2,(H,28,33)(H,34,35). The molecule has 1 aliphatic heterocycles. The number of carbonyl (C=O) groups is 2. The van der Waals surface area contributed by atoms with Crippen LogP contribution in [0.25, 0.3) is 11.3 Å². The minimum Gasteiger partial charge on any atom is -0.465 e. The number of carboxylic acid groups (broad SMARTS) is 1. The summed E-state index contributed by atoms with van der Waals surface area (Å²) in [7, 11) is 0. The first-order valence-corrected chi connectivity index (χ1v) is 11.4. The number of piperidine rings is 1. The van der Waals surface area contributed by atoms with E-state index in [1.165, 1.54) is 4.90 Å². The van der Waals surface area contributed by atoms with Crippen molar-refractivity contribution in [2.24, 2.45) is 0 Å². The lowest BCUT2D eigenvalue weighted by molar-refractivity contribution is -0.140. The predicted octanol–water partition coefficient (Wildman–Crippen LogP) is 3.37. The van der Waals surface area contributed by atoms with E-state index in [9.17, 15) is 22.8 Å². The van der Waals surface area contributed by atoms with Gasteiger partial charge in [-0.15, -0.1) is 0 Å². The summed E-state index contributed by atoms with van der Waals surface area (Å²) >= 11 is 0. The summed E-state index contributed by atoms with van der Waals surface area (Å²) in [5.41, 5.74) is 2.49. The van der Waals surface area contributed by atoms with Gasteiger partial charge in [0.25, 0.3) is 5.91 Å². The molecular weight excluding hydrogens is 465 g/mol. The molecule has 0 radical (unpaired) electrons. The van der Waals surface area contributed by atoms with Gasteiger partial charge in [0, 0.05) is 56.1 Å². The number of alkyl halides is 3. The number of aliphatic hydroxyl groups excluding tert-OH is 1. The first-order chi connectivity index (χ1) is 16.7. The minimum atomic E-state index is -4.28. The van der Waals surface area contributed by atoms with Crippen LogP contribution in [-0.4, -0.2) is 82.0 Å². The molecular formula is C24H29F3N4O4. The largest absolute Gasteiger partial charge is 0.465 e. The molecule has 1 aromatic carbocycles.